The maximum absolute atomic E-state index is 14.4. The van der Waals surface area contributed by atoms with Gasteiger partial charge in [-0.3, -0.25) is 4.79 Å². The molecular formula is C18H19F17O4S2. The highest BCUT2D eigenvalue weighted by Gasteiger charge is 2.96. The summed E-state index contributed by atoms with van der Waals surface area (Å²) in [6.45, 7) is 3.77. The molecule has 246 valence electrons. The zero-order valence-electron chi connectivity index (χ0n) is 20.4. The molecule has 41 heavy (non-hydrogen) atoms. The van der Waals surface area contributed by atoms with Crippen LogP contribution in [0.3, 0.4) is 0 Å². The van der Waals surface area contributed by atoms with Gasteiger partial charge in [0, 0.05) is 17.9 Å². The molecule has 0 saturated carbocycles. The molecule has 0 aromatic carbocycles. The summed E-state index contributed by atoms with van der Waals surface area (Å²) in [7, 11) is -11.5. The summed E-state index contributed by atoms with van der Waals surface area (Å²) in [5, 5.41) is -7.76. The van der Waals surface area contributed by atoms with E-state index in [4.69, 9.17) is 0 Å². The topological polar surface area (TPSA) is 60.4 Å². The number of alkyl halides is 17. The van der Waals surface area contributed by atoms with Gasteiger partial charge in [0.1, 0.15) is 5.78 Å². The molecule has 0 amide bonds. The number of Topliss-reactive ketones (excluding diaryl/α,β-unsaturated/α-hetero) is 1. The molecule has 1 aliphatic rings. The molecule has 0 aromatic rings. The molecule has 0 N–H and O–H groups in total. The molecule has 0 bridgehead atoms. The summed E-state index contributed by atoms with van der Waals surface area (Å²) in [6.07, 6.45) is -8.52. The van der Waals surface area contributed by atoms with Crippen LogP contribution in [0.1, 0.15) is 33.6 Å². The third-order valence-corrected chi connectivity index (χ3v) is 11.7. The summed E-state index contributed by atoms with van der Waals surface area (Å²) in [5.41, 5.74) is -1.08. The Morgan fingerprint density at radius 1 is 0.707 bits per heavy atom. The second-order valence-electron chi connectivity index (χ2n) is 9.75. The quantitative estimate of drug-likeness (QED) is 0.201. The Bertz CT molecular complexity index is 1110. The van der Waals surface area contributed by atoms with E-state index in [1.807, 2.05) is 0 Å². The zero-order valence-corrected chi connectivity index (χ0v) is 22.0. The van der Waals surface area contributed by atoms with E-state index in [0.717, 1.165) is 6.92 Å². The summed E-state index contributed by atoms with van der Waals surface area (Å²) in [6, 6.07) is 0. The minimum absolute atomic E-state index is 0.167. The zero-order chi connectivity index (χ0) is 33.3. The van der Waals surface area contributed by atoms with Gasteiger partial charge in [-0.15, -0.1) is 10.3 Å². The highest BCUT2D eigenvalue weighted by atomic mass is 32.3. The van der Waals surface area contributed by atoms with Crippen LogP contribution in [0.5, 0.6) is 0 Å². The SMILES string of the molecule is CCC(=O)CS1(OS(=O)(=O)C(F)(F)C(F)(F)C(F)(F)C(F)(F)C(F)(F)C(F)(F)C(F)(F)C(F)(F)F)CCC(C)(C)C1. The molecule has 1 saturated heterocycles. The highest BCUT2D eigenvalue weighted by molar-refractivity contribution is 8.33. The largest absolute Gasteiger partial charge is 0.460 e. The van der Waals surface area contributed by atoms with Crippen LogP contribution in [-0.2, 0) is 18.5 Å². The Hall–Kier alpha value is -1.26. The van der Waals surface area contributed by atoms with E-state index < -0.39 is 102 Å². The Morgan fingerprint density at radius 3 is 1.39 bits per heavy atom. The number of carbonyl (C=O) groups excluding carboxylic acids is 1. The van der Waals surface area contributed by atoms with Crippen molar-refractivity contribution in [3.8, 4) is 0 Å². The third kappa shape index (κ3) is 5.59. The first-order valence-electron chi connectivity index (χ1n) is 10.5. The third-order valence-electron chi connectivity index (χ3n) is 5.86. The van der Waals surface area contributed by atoms with E-state index in [1.165, 1.54) is 13.8 Å². The van der Waals surface area contributed by atoms with Gasteiger partial charge >= 0.3 is 57.1 Å². The van der Waals surface area contributed by atoms with Gasteiger partial charge in [-0.1, -0.05) is 20.8 Å². The smallest absolute Gasteiger partial charge is 0.299 e. The Labute approximate surface area is 221 Å². The van der Waals surface area contributed by atoms with Crippen molar-refractivity contribution in [1.82, 2.24) is 0 Å². The van der Waals surface area contributed by atoms with E-state index in [2.05, 4.69) is 3.63 Å². The van der Waals surface area contributed by atoms with Gasteiger partial charge in [0.05, 0.1) is 5.75 Å². The van der Waals surface area contributed by atoms with E-state index in [-0.39, 0.29) is 6.42 Å². The molecule has 0 aliphatic carbocycles. The highest BCUT2D eigenvalue weighted by Crippen LogP contribution is 2.67. The van der Waals surface area contributed by atoms with E-state index in [9.17, 15) is 87.8 Å². The van der Waals surface area contributed by atoms with Gasteiger partial charge in [0.15, 0.2) is 0 Å². The first-order valence-corrected chi connectivity index (χ1v) is 14.0. The van der Waals surface area contributed by atoms with Crippen molar-refractivity contribution in [1.29, 1.82) is 0 Å². The maximum Gasteiger partial charge on any atom is 0.460 e. The van der Waals surface area contributed by atoms with Crippen LogP contribution in [0.2, 0.25) is 0 Å². The molecule has 0 radical (unpaired) electrons. The molecule has 1 unspecified atom stereocenters. The van der Waals surface area contributed by atoms with Crippen molar-refractivity contribution in [3.63, 3.8) is 0 Å². The second kappa shape index (κ2) is 10.1. The van der Waals surface area contributed by atoms with Crippen molar-refractivity contribution in [2.24, 2.45) is 5.41 Å². The number of halogens is 17. The first-order chi connectivity index (χ1) is 17.6. The molecule has 23 heteroatoms. The standard InChI is InChI=1S/C18H19F17O4S2/c1-4-9(36)7-40(6-5-10(2,3)8-40)39-41(37,38)18(34,35)16(29,30)14(25,26)12(21,22)11(19,20)13(23,24)15(27,28)17(31,32)33/h4-8H2,1-3H3. The number of rotatable bonds is 12. The lowest BCUT2D eigenvalue weighted by atomic mass is 9.91. The molecule has 0 spiro atoms. The number of hydrogen-bond acceptors (Lipinski definition) is 4. The van der Waals surface area contributed by atoms with Crippen LogP contribution in [0.25, 0.3) is 0 Å². The minimum atomic E-state index is -8.92. The van der Waals surface area contributed by atoms with E-state index in [1.54, 1.807) is 0 Å². The minimum Gasteiger partial charge on any atom is -0.299 e. The Balaban J connectivity index is 3.73. The van der Waals surface area contributed by atoms with Crippen LogP contribution in [0.4, 0.5) is 74.6 Å². The van der Waals surface area contributed by atoms with Crippen LogP contribution >= 0.6 is 10.3 Å². The lowest BCUT2D eigenvalue weighted by Crippen LogP contribution is -2.75. The van der Waals surface area contributed by atoms with Gasteiger partial charge in [-0.05, 0) is 11.8 Å². The summed E-state index contributed by atoms with van der Waals surface area (Å²) in [5.74, 6) is -55.4. The van der Waals surface area contributed by atoms with Gasteiger partial charge in [-0.2, -0.15) is 83.1 Å². The van der Waals surface area contributed by atoms with Gasteiger partial charge in [0.2, 0.25) is 0 Å². The van der Waals surface area contributed by atoms with Crippen LogP contribution in [0, 0.1) is 5.41 Å². The normalized spacial score (nSPS) is 23.8. The summed E-state index contributed by atoms with van der Waals surface area (Å²) in [4.78, 5) is 11.9. The number of carbonyl (C=O) groups is 1. The van der Waals surface area contributed by atoms with E-state index >= 15 is 0 Å². The Morgan fingerprint density at radius 2 is 1.07 bits per heavy atom. The fourth-order valence-corrected chi connectivity index (χ4v) is 10.1. The van der Waals surface area contributed by atoms with E-state index in [0.29, 0.717) is 0 Å². The van der Waals surface area contributed by atoms with Gasteiger partial charge < -0.3 is 0 Å². The van der Waals surface area contributed by atoms with Crippen LogP contribution < -0.4 is 0 Å². The molecule has 1 heterocycles. The molecule has 1 rings (SSSR count). The lowest BCUT2D eigenvalue weighted by Gasteiger charge is -2.43. The second-order valence-corrected chi connectivity index (χ2v) is 14.6. The van der Waals surface area contributed by atoms with Crippen molar-refractivity contribution in [2.75, 3.05) is 17.3 Å². The van der Waals surface area contributed by atoms with Crippen molar-refractivity contribution >= 4 is 26.2 Å². The molecule has 1 fully saturated rings. The fraction of sp³-hybridized carbons (Fsp3) is 0.944. The predicted molar refractivity (Wildman–Crippen MR) is 107 cm³/mol. The first kappa shape index (κ1) is 37.8. The van der Waals surface area contributed by atoms with Crippen molar-refractivity contribution in [2.45, 2.75) is 80.6 Å². The van der Waals surface area contributed by atoms with Crippen LogP contribution in [-0.4, -0.2) is 78.4 Å². The monoisotopic (exact) mass is 686 g/mol. The Kier molecular flexibility index (Phi) is 9.35. The predicted octanol–water partition coefficient (Wildman–Crippen LogP) is 7.43. The fourth-order valence-electron chi connectivity index (χ4n) is 3.46. The summed E-state index contributed by atoms with van der Waals surface area (Å²) >= 11 is 0. The molecule has 1 aliphatic heterocycles. The van der Waals surface area contributed by atoms with Crippen molar-refractivity contribution in [3.05, 3.63) is 0 Å². The van der Waals surface area contributed by atoms with Gasteiger partial charge in [0.25, 0.3) is 0 Å². The molecule has 1 atom stereocenters. The average Bonchev–Trinajstić information content (AvgIpc) is 3.04. The van der Waals surface area contributed by atoms with Crippen LogP contribution in [0.15, 0.2) is 0 Å². The van der Waals surface area contributed by atoms with Crippen molar-refractivity contribution < 1.29 is 91.5 Å². The van der Waals surface area contributed by atoms with Gasteiger partial charge in [-0.25, -0.2) is 3.63 Å². The maximum atomic E-state index is 14.4. The average molecular weight is 686 g/mol. The number of ketones is 1. The molecule has 0 aromatic heterocycles. The lowest BCUT2D eigenvalue weighted by molar-refractivity contribution is -0.458. The molecular weight excluding hydrogens is 667 g/mol. The molecule has 4 nitrogen and oxygen atoms in total. The summed E-state index contributed by atoms with van der Waals surface area (Å²) < 4.78 is 257. The number of hydrogen-bond donors (Lipinski definition) is 0.